The molecule has 1 heterocycles. The molecular weight excluding hydrogens is 514 g/mol. The first-order valence-corrected chi connectivity index (χ1v) is 11.4. The van der Waals surface area contributed by atoms with Crippen LogP contribution in [0.4, 0.5) is 15.8 Å². The zero-order chi connectivity index (χ0) is 25.1. The number of amides is 3. The number of hydrazine groups is 1. The summed E-state index contributed by atoms with van der Waals surface area (Å²) in [7, 11) is 0. The van der Waals surface area contributed by atoms with Crippen LogP contribution in [0.2, 0.25) is 10.0 Å². The van der Waals surface area contributed by atoms with Crippen molar-refractivity contribution in [3.8, 4) is 0 Å². The third-order valence-electron chi connectivity index (χ3n) is 5.11. The molecule has 2 N–H and O–H groups in total. The lowest BCUT2D eigenvalue weighted by Crippen LogP contribution is -2.49. The van der Waals surface area contributed by atoms with E-state index in [0.717, 1.165) is 9.91 Å². The number of rotatable bonds is 6. The van der Waals surface area contributed by atoms with E-state index in [1.807, 2.05) is 0 Å². The van der Waals surface area contributed by atoms with E-state index < -0.39 is 29.6 Å². The van der Waals surface area contributed by atoms with E-state index in [1.165, 1.54) is 36.4 Å². The molecule has 35 heavy (non-hydrogen) atoms. The Morgan fingerprint density at radius 2 is 1.66 bits per heavy atom. The molecule has 1 atom stereocenters. The van der Waals surface area contributed by atoms with Crippen LogP contribution in [0.15, 0.2) is 72.8 Å². The van der Waals surface area contributed by atoms with Gasteiger partial charge in [-0.05, 0) is 78.9 Å². The lowest BCUT2D eigenvalue weighted by molar-refractivity contribution is -0.124. The summed E-state index contributed by atoms with van der Waals surface area (Å²) in [4.78, 5) is 40.1. The molecule has 3 aromatic rings. The lowest BCUT2D eigenvalue weighted by Gasteiger charge is -2.24. The van der Waals surface area contributed by atoms with Gasteiger partial charge in [0.25, 0.3) is 11.8 Å². The van der Waals surface area contributed by atoms with Crippen LogP contribution in [0.1, 0.15) is 16.8 Å². The van der Waals surface area contributed by atoms with Gasteiger partial charge in [0.2, 0.25) is 11.0 Å². The smallest absolute Gasteiger partial charge is 0.269 e. The van der Waals surface area contributed by atoms with E-state index >= 15 is 0 Å². The predicted molar refractivity (Wildman–Crippen MR) is 136 cm³/mol. The van der Waals surface area contributed by atoms with Gasteiger partial charge in [0.15, 0.2) is 0 Å². The number of nitrogens with zero attached hydrogens (tertiary/aromatic N) is 2. The molecule has 1 aliphatic rings. The number of hydrogen-bond donors (Lipinski definition) is 2. The van der Waals surface area contributed by atoms with Crippen LogP contribution in [-0.2, 0) is 9.59 Å². The minimum atomic E-state index is -1.15. The van der Waals surface area contributed by atoms with Crippen molar-refractivity contribution < 1.29 is 18.8 Å². The molecule has 1 saturated heterocycles. The first-order chi connectivity index (χ1) is 16.7. The van der Waals surface area contributed by atoms with Gasteiger partial charge in [-0.1, -0.05) is 29.3 Å². The molecule has 0 spiro atoms. The van der Waals surface area contributed by atoms with Gasteiger partial charge in [-0.15, -0.1) is 0 Å². The van der Waals surface area contributed by atoms with Gasteiger partial charge in [0, 0.05) is 21.3 Å². The van der Waals surface area contributed by atoms with Crippen molar-refractivity contribution in [2.24, 2.45) is 0 Å². The SMILES string of the molecule is O=C(CC1C(=O)N(c2ccc(F)cc2)C(=S)N1NC(=O)c1ccc(Cl)cc1)Nc1cccc(Cl)c1. The molecule has 3 aromatic carbocycles. The zero-order valence-corrected chi connectivity index (χ0v) is 20.2. The maximum Gasteiger partial charge on any atom is 0.269 e. The number of benzene rings is 3. The number of halogens is 3. The van der Waals surface area contributed by atoms with Gasteiger partial charge in [0.1, 0.15) is 11.9 Å². The number of thiocarbonyl (C=S) groups is 1. The summed E-state index contributed by atoms with van der Waals surface area (Å²) in [6.07, 6.45) is -0.329. The maximum absolute atomic E-state index is 13.4. The second-order valence-electron chi connectivity index (χ2n) is 7.53. The Balaban J connectivity index is 1.60. The molecule has 0 radical (unpaired) electrons. The van der Waals surface area contributed by atoms with Gasteiger partial charge in [-0.2, -0.15) is 0 Å². The number of nitrogens with one attached hydrogen (secondary N) is 2. The van der Waals surface area contributed by atoms with E-state index in [0.29, 0.717) is 21.4 Å². The second kappa shape index (κ2) is 10.4. The molecule has 1 fully saturated rings. The molecule has 0 bridgehead atoms. The Bertz CT molecular complexity index is 1300. The zero-order valence-electron chi connectivity index (χ0n) is 17.9. The average molecular weight is 531 g/mol. The highest BCUT2D eigenvalue weighted by Gasteiger charge is 2.45. The van der Waals surface area contributed by atoms with Crippen LogP contribution in [0.5, 0.6) is 0 Å². The highest BCUT2D eigenvalue weighted by atomic mass is 35.5. The van der Waals surface area contributed by atoms with Gasteiger partial charge in [-0.25, -0.2) is 9.40 Å². The molecule has 7 nitrogen and oxygen atoms in total. The third-order valence-corrected chi connectivity index (χ3v) is 5.98. The molecule has 3 amide bonds. The molecule has 11 heteroatoms. The summed E-state index contributed by atoms with van der Waals surface area (Å²) in [5, 5.41) is 4.66. The summed E-state index contributed by atoms with van der Waals surface area (Å²) in [5.74, 6) is -2.10. The molecule has 0 saturated carbocycles. The summed E-state index contributed by atoms with van der Waals surface area (Å²) in [5.41, 5.74) is 3.62. The fourth-order valence-electron chi connectivity index (χ4n) is 3.46. The first-order valence-electron chi connectivity index (χ1n) is 10.3. The maximum atomic E-state index is 13.4. The summed E-state index contributed by atoms with van der Waals surface area (Å²) < 4.78 is 13.4. The largest absolute Gasteiger partial charge is 0.326 e. The van der Waals surface area contributed by atoms with Crippen LogP contribution >= 0.6 is 35.4 Å². The number of anilines is 2. The van der Waals surface area contributed by atoms with Crippen LogP contribution in [0.25, 0.3) is 0 Å². The Morgan fingerprint density at radius 3 is 2.31 bits per heavy atom. The topological polar surface area (TPSA) is 81.8 Å². The predicted octanol–water partition coefficient (Wildman–Crippen LogP) is 4.81. The van der Waals surface area contributed by atoms with Crippen LogP contribution < -0.4 is 15.6 Å². The third kappa shape index (κ3) is 5.59. The molecule has 1 unspecified atom stereocenters. The van der Waals surface area contributed by atoms with Crippen molar-refractivity contribution in [2.45, 2.75) is 12.5 Å². The first kappa shape index (κ1) is 24.6. The number of carbonyl (C=O) groups is 3. The van der Waals surface area contributed by atoms with E-state index in [9.17, 15) is 18.8 Å². The molecular formula is C24H17Cl2FN4O3S. The summed E-state index contributed by atoms with van der Waals surface area (Å²) >= 11 is 17.3. The Labute approximate surface area is 215 Å². The Kier molecular flexibility index (Phi) is 7.30. The van der Waals surface area contributed by atoms with Crippen molar-refractivity contribution in [3.63, 3.8) is 0 Å². The van der Waals surface area contributed by atoms with Crippen LogP contribution in [0.3, 0.4) is 0 Å². The highest BCUT2D eigenvalue weighted by molar-refractivity contribution is 7.80. The van der Waals surface area contributed by atoms with Gasteiger partial charge < -0.3 is 5.32 Å². The summed E-state index contributed by atoms with van der Waals surface area (Å²) in [6, 6.07) is 16.6. The molecule has 1 aliphatic heterocycles. The standard InChI is InChI=1S/C24H17Cl2FN4O3S/c25-15-6-4-14(5-7-15)22(33)29-31-20(13-21(32)28-18-3-1-2-16(26)12-18)23(34)30(24(31)35)19-10-8-17(27)9-11-19/h1-12,20H,13H2,(H,28,32)(H,29,33). The van der Waals surface area contributed by atoms with E-state index in [4.69, 9.17) is 35.4 Å². The fraction of sp³-hybridized carbons (Fsp3) is 0.0833. The van der Waals surface area contributed by atoms with Crippen molar-refractivity contribution in [1.82, 2.24) is 10.4 Å². The number of carbonyl (C=O) groups excluding carboxylic acids is 3. The van der Waals surface area contributed by atoms with E-state index in [2.05, 4.69) is 10.7 Å². The van der Waals surface area contributed by atoms with Crippen molar-refractivity contribution in [1.29, 1.82) is 0 Å². The average Bonchev–Trinajstić information content (AvgIpc) is 3.04. The molecule has 178 valence electrons. The monoisotopic (exact) mass is 530 g/mol. The number of hydrogen-bond acceptors (Lipinski definition) is 4. The van der Waals surface area contributed by atoms with Crippen molar-refractivity contribution >= 4 is 69.6 Å². The second-order valence-corrected chi connectivity index (χ2v) is 8.77. The van der Waals surface area contributed by atoms with Gasteiger partial charge in [-0.3, -0.25) is 24.7 Å². The minimum absolute atomic E-state index is 0.0653. The van der Waals surface area contributed by atoms with Crippen molar-refractivity contribution in [2.75, 3.05) is 10.2 Å². The summed E-state index contributed by atoms with van der Waals surface area (Å²) in [6.45, 7) is 0. The Morgan fingerprint density at radius 1 is 0.971 bits per heavy atom. The van der Waals surface area contributed by atoms with Gasteiger partial charge in [0.05, 0.1) is 12.1 Å². The quantitative estimate of drug-likeness (QED) is 0.447. The fourth-order valence-corrected chi connectivity index (χ4v) is 4.14. The minimum Gasteiger partial charge on any atom is -0.326 e. The molecule has 0 aromatic heterocycles. The molecule has 4 rings (SSSR count). The van der Waals surface area contributed by atoms with E-state index in [1.54, 1.807) is 36.4 Å². The van der Waals surface area contributed by atoms with Crippen LogP contribution in [0, 0.1) is 5.82 Å². The highest BCUT2D eigenvalue weighted by Crippen LogP contribution is 2.27. The van der Waals surface area contributed by atoms with Gasteiger partial charge >= 0.3 is 0 Å². The Hall–Kier alpha value is -3.53. The van der Waals surface area contributed by atoms with Crippen molar-refractivity contribution in [3.05, 3.63) is 94.2 Å². The lowest BCUT2D eigenvalue weighted by atomic mass is 10.1. The van der Waals surface area contributed by atoms with E-state index in [-0.39, 0.29) is 17.1 Å². The van der Waals surface area contributed by atoms with Crippen LogP contribution in [-0.4, -0.2) is 33.9 Å². The molecule has 0 aliphatic carbocycles. The normalized spacial score (nSPS) is 15.3.